The number of aldehydes is 1. The highest BCUT2D eigenvalue weighted by atomic mass is 35.5. The molecular weight excluding hydrogens is 498 g/mol. The summed E-state index contributed by atoms with van der Waals surface area (Å²) in [4.78, 5) is 33.5. The molecule has 3 heterocycles. The minimum atomic E-state index is -1.41. The second kappa shape index (κ2) is 12.2. The monoisotopic (exact) mass is 537 g/mol. The summed E-state index contributed by atoms with van der Waals surface area (Å²) in [5.41, 5.74) is -0.235. The Kier molecular flexibility index (Phi) is 8.69. The van der Waals surface area contributed by atoms with Crippen molar-refractivity contribution in [2.45, 2.75) is 69.8 Å². The SMILES string of the molecule is O=Cc1ccc(N2CCC(CC3CCN(C(=O)C(O)(c4ccccc4)C4CCCCC4)CC3)CC2)nc1Cl. The van der Waals surface area contributed by atoms with Gasteiger partial charge in [0.2, 0.25) is 0 Å². The fourth-order valence-corrected chi connectivity index (χ4v) is 7.12. The Morgan fingerprint density at radius 3 is 2.16 bits per heavy atom. The first kappa shape index (κ1) is 27.1. The van der Waals surface area contributed by atoms with Crippen LogP contribution in [0.4, 0.5) is 5.82 Å². The number of aromatic nitrogens is 1. The Morgan fingerprint density at radius 1 is 0.921 bits per heavy atom. The predicted molar refractivity (Wildman–Crippen MR) is 150 cm³/mol. The maximum atomic E-state index is 13.9. The van der Waals surface area contributed by atoms with Gasteiger partial charge < -0.3 is 14.9 Å². The zero-order valence-electron chi connectivity index (χ0n) is 22.2. The van der Waals surface area contributed by atoms with E-state index in [0.29, 0.717) is 17.4 Å². The van der Waals surface area contributed by atoms with Gasteiger partial charge in [-0.1, -0.05) is 61.2 Å². The minimum Gasteiger partial charge on any atom is -0.375 e. The van der Waals surface area contributed by atoms with E-state index in [1.165, 1.54) is 12.8 Å². The highest BCUT2D eigenvalue weighted by Crippen LogP contribution is 2.42. The number of carbonyl (C=O) groups excluding carboxylic acids is 2. The molecule has 2 aromatic rings. The molecule has 2 saturated heterocycles. The van der Waals surface area contributed by atoms with Crippen molar-refractivity contribution in [2.75, 3.05) is 31.1 Å². The lowest BCUT2D eigenvalue weighted by molar-refractivity contribution is -0.162. The summed E-state index contributed by atoms with van der Waals surface area (Å²) in [7, 11) is 0. The number of carbonyl (C=O) groups is 2. The molecule has 1 unspecified atom stereocenters. The zero-order valence-corrected chi connectivity index (χ0v) is 23.0. The van der Waals surface area contributed by atoms with Crippen LogP contribution in [0, 0.1) is 17.8 Å². The predicted octanol–water partition coefficient (Wildman–Crippen LogP) is 5.86. The summed E-state index contributed by atoms with van der Waals surface area (Å²) in [6.07, 6.45) is 11.4. The third-order valence-corrected chi connectivity index (χ3v) is 9.54. The number of hydrogen-bond donors (Lipinski definition) is 1. The number of anilines is 1. The van der Waals surface area contributed by atoms with Crippen molar-refractivity contribution >= 4 is 29.6 Å². The fraction of sp³-hybridized carbons (Fsp3) is 0.581. The van der Waals surface area contributed by atoms with Gasteiger partial charge in [0.05, 0.1) is 5.56 Å². The van der Waals surface area contributed by atoms with E-state index in [2.05, 4.69) is 9.88 Å². The molecule has 2 aliphatic heterocycles. The van der Waals surface area contributed by atoms with Crippen LogP contribution in [-0.2, 0) is 10.4 Å². The van der Waals surface area contributed by atoms with Crippen molar-refractivity contribution in [3.63, 3.8) is 0 Å². The van der Waals surface area contributed by atoms with E-state index >= 15 is 0 Å². The Labute approximate surface area is 231 Å². The molecule has 1 amide bonds. The molecule has 1 aliphatic carbocycles. The molecule has 3 aliphatic rings. The number of halogens is 1. The van der Waals surface area contributed by atoms with Crippen LogP contribution in [0.3, 0.4) is 0 Å². The van der Waals surface area contributed by atoms with E-state index < -0.39 is 5.60 Å². The second-order valence-corrected chi connectivity index (χ2v) is 11.9. The molecule has 3 fully saturated rings. The normalized spacial score (nSPS) is 21.7. The van der Waals surface area contributed by atoms with Gasteiger partial charge in [0.15, 0.2) is 11.9 Å². The highest BCUT2D eigenvalue weighted by Gasteiger charge is 2.48. The Balaban J connectivity index is 1.14. The molecular formula is C31H40ClN3O3. The number of piperidine rings is 2. The van der Waals surface area contributed by atoms with Gasteiger partial charge in [0.1, 0.15) is 11.0 Å². The number of nitrogens with zero attached hydrogens (tertiary/aromatic N) is 3. The number of pyridine rings is 1. The molecule has 1 N–H and O–H groups in total. The molecule has 1 saturated carbocycles. The van der Waals surface area contributed by atoms with Gasteiger partial charge in [-0.25, -0.2) is 4.98 Å². The van der Waals surface area contributed by atoms with Gasteiger partial charge in [-0.15, -0.1) is 0 Å². The van der Waals surface area contributed by atoms with Crippen LogP contribution in [0.25, 0.3) is 0 Å². The van der Waals surface area contributed by atoms with E-state index in [9.17, 15) is 14.7 Å². The third kappa shape index (κ3) is 5.76. The molecule has 0 spiro atoms. The van der Waals surface area contributed by atoms with Gasteiger partial charge in [-0.05, 0) is 74.5 Å². The molecule has 7 heteroatoms. The Hall–Kier alpha value is -2.44. The van der Waals surface area contributed by atoms with Gasteiger partial charge >= 0.3 is 0 Å². The smallest absolute Gasteiger partial charge is 0.259 e. The summed E-state index contributed by atoms with van der Waals surface area (Å²) in [6.45, 7) is 3.35. The van der Waals surface area contributed by atoms with E-state index in [4.69, 9.17) is 11.6 Å². The quantitative estimate of drug-likeness (QED) is 0.353. The molecule has 1 aromatic carbocycles. The fourth-order valence-electron chi connectivity index (χ4n) is 6.93. The van der Waals surface area contributed by atoms with Crippen LogP contribution in [-0.4, -0.2) is 53.4 Å². The third-order valence-electron chi connectivity index (χ3n) is 9.23. The van der Waals surface area contributed by atoms with Crippen LogP contribution < -0.4 is 4.90 Å². The van der Waals surface area contributed by atoms with Crippen LogP contribution in [0.15, 0.2) is 42.5 Å². The van der Waals surface area contributed by atoms with E-state index in [0.717, 1.165) is 95.2 Å². The molecule has 1 aromatic heterocycles. The van der Waals surface area contributed by atoms with Gasteiger partial charge in [0.25, 0.3) is 5.91 Å². The summed E-state index contributed by atoms with van der Waals surface area (Å²) in [5, 5.41) is 12.3. The first-order valence-electron chi connectivity index (χ1n) is 14.4. The van der Waals surface area contributed by atoms with Gasteiger partial charge in [0, 0.05) is 32.1 Å². The minimum absolute atomic E-state index is 0.00642. The van der Waals surface area contributed by atoms with Crippen molar-refractivity contribution in [2.24, 2.45) is 17.8 Å². The van der Waals surface area contributed by atoms with Crippen LogP contribution in [0.2, 0.25) is 5.15 Å². The topological polar surface area (TPSA) is 73.7 Å². The molecule has 0 bridgehead atoms. The summed E-state index contributed by atoms with van der Waals surface area (Å²) >= 11 is 6.13. The first-order chi connectivity index (χ1) is 18.5. The number of likely N-dealkylation sites (tertiary alicyclic amines) is 1. The summed E-state index contributed by atoms with van der Waals surface area (Å²) in [6, 6.07) is 13.3. The number of benzene rings is 1. The van der Waals surface area contributed by atoms with E-state index in [1.807, 2.05) is 41.3 Å². The first-order valence-corrected chi connectivity index (χ1v) is 14.8. The zero-order chi connectivity index (χ0) is 26.5. The van der Waals surface area contributed by atoms with Crippen molar-refractivity contribution < 1.29 is 14.7 Å². The molecule has 6 nitrogen and oxygen atoms in total. The largest absolute Gasteiger partial charge is 0.375 e. The number of amides is 1. The van der Waals surface area contributed by atoms with Crippen molar-refractivity contribution in [1.82, 2.24) is 9.88 Å². The average molecular weight is 538 g/mol. The van der Waals surface area contributed by atoms with E-state index in [-0.39, 0.29) is 17.0 Å². The van der Waals surface area contributed by atoms with Gasteiger partial charge in [-0.3, -0.25) is 9.59 Å². The van der Waals surface area contributed by atoms with Crippen molar-refractivity contribution in [3.05, 3.63) is 58.7 Å². The Morgan fingerprint density at radius 2 is 1.55 bits per heavy atom. The lowest BCUT2D eigenvalue weighted by Gasteiger charge is -2.43. The van der Waals surface area contributed by atoms with Gasteiger partial charge in [-0.2, -0.15) is 0 Å². The van der Waals surface area contributed by atoms with Crippen molar-refractivity contribution in [1.29, 1.82) is 0 Å². The van der Waals surface area contributed by atoms with Crippen LogP contribution in [0.5, 0.6) is 0 Å². The lowest BCUT2D eigenvalue weighted by atomic mass is 9.72. The number of hydrogen-bond acceptors (Lipinski definition) is 5. The average Bonchev–Trinajstić information content (AvgIpc) is 2.98. The molecule has 204 valence electrons. The number of rotatable bonds is 7. The Bertz CT molecular complexity index is 1090. The maximum absolute atomic E-state index is 13.9. The molecule has 5 rings (SSSR count). The lowest BCUT2D eigenvalue weighted by Crippen LogP contribution is -2.53. The molecule has 0 radical (unpaired) electrons. The highest BCUT2D eigenvalue weighted by molar-refractivity contribution is 6.31. The maximum Gasteiger partial charge on any atom is 0.259 e. The number of aliphatic hydroxyl groups is 1. The summed E-state index contributed by atoms with van der Waals surface area (Å²) < 4.78 is 0. The molecule has 1 atom stereocenters. The van der Waals surface area contributed by atoms with Crippen LogP contribution in [0.1, 0.15) is 80.1 Å². The van der Waals surface area contributed by atoms with Crippen molar-refractivity contribution in [3.8, 4) is 0 Å². The standard InChI is InChI=1S/C31H40ClN3O3/c32-29-25(22-36)11-12-28(33-29)34-17-13-23(14-18-34)21-24-15-19-35(20-16-24)30(37)31(38,26-7-3-1-4-8-26)27-9-5-2-6-10-27/h1,3-4,7-8,11-12,22-24,27,38H,2,5-6,9-10,13-21H2. The van der Waals surface area contributed by atoms with Crippen LogP contribution >= 0.6 is 11.6 Å². The molecule has 38 heavy (non-hydrogen) atoms. The summed E-state index contributed by atoms with van der Waals surface area (Å²) in [5.74, 6) is 2.04. The van der Waals surface area contributed by atoms with E-state index in [1.54, 1.807) is 6.07 Å². The second-order valence-electron chi connectivity index (χ2n) is 11.5.